The maximum Gasteiger partial charge on any atom is 0.327 e. The van der Waals surface area contributed by atoms with E-state index in [9.17, 15) is 14.9 Å². The Labute approximate surface area is 161 Å². The minimum atomic E-state index is -0.877. The Kier molecular flexibility index (Phi) is 6.85. The van der Waals surface area contributed by atoms with Crippen LogP contribution in [-0.2, 0) is 16.1 Å². The number of hydrogen-bond acceptors (Lipinski definition) is 8. The number of carbonyl (C=O) groups is 2. The van der Waals surface area contributed by atoms with Crippen molar-refractivity contribution in [2.75, 3.05) is 0 Å². The highest BCUT2D eigenvalue weighted by Gasteiger charge is 2.26. The zero-order valence-corrected chi connectivity index (χ0v) is 15.0. The molecule has 2 rings (SSSR count). The van der Waals surface area contributed by atoms with Gasteiger partial charge in [0, 0.05) is 12.1 Å². The maximum absolute atomic E-state index is 11.9. The van der Waals surface area contributed by atoms with Crippen molar-refractivity contribution in [3.63, 3.8) is 0 Å². The van der Waals surface area contributed by atoms with Crippen LogP contribution >= 0.6 is 0 Å². The molecular formula is C19H15N5O4. The quantitative estimate of drug-likeness (QED) is 0.669. The molecule has 0 spiro atoms. The number of nitriles is 3. The second kappa shape index (κ2) is 9.51. The molecule has 9 nitrogen and oxygen atoms in total. The van der Waals surface area contributed by atoms with Crippen LogP contribution in [0.5, 0.6) is 11.8 Å². The van der Waals surface area contributed by atoms with Gasteiger partial charge in [-0.2, -0.15) is 20.8 Å². The van der Waals surface area contributed by atoms with Crippen molar-refractivity contribution >= 4 is 11.9 Å². The third-order valence-corrected chi connectivity index (χ3v) is 3.47. The van der Waals surface area contributed by atoms with Crippen LogP contribution in [0.2, 0.25) is 0 Å². The van der Waals surface area contributed by atoms with Crippen molar-refractivity contribution in [3.8, 4) is 41.4 Å². The highest BCUT2D eigenvalue weighted by atomic mass is 16.6. The first-order chi connectivity index (χ1) is 13.5. The number of imidazole rings is 1. The fourth-order valence-corrected chi connectivity index (χ4v) is 2.29. The summed E-state index contributed by atoms with van der Waals surface area (Å²) in [5.74, 6) is -2.43. The number of ether oxygens (including phenoxy) is 2. The second-order valence-corrected chi connectivity index (χ2v) is 5.67. The Morgan fingerprint density at radius 3 is 2.25 bits per heavy atom. The number of nitrogens with zero attached hydrogens (tertiary/aromatic N) is 5. The van der Waals surface area contributed by atoms with Gasteiger partial charge in [0.2, 0.25) is 0 Å². The van der Waals surface area contributed by atoms with E-state index in [1.807, 2.05) is 0 Å². The number of esters is 2. The van der Waals surface area contributed by atoms with Gasteiger partial charge in [0.25, 0.3) is 11.8 Å². The van der Waals surface area contributed by atoms with E-state index in [1.54, 1.807) is 49.4 Å². The summed E-state index contributed by atoms with van der Waals surface area (Å²) in [7, 11) is 0. The molecule has 0 aliphatic rings. The third-order valence-electron chi connectivity index (χ3n) is 3.47. The van der Waals surface area contributed by atoms with Gasteiger partial charge in [-0.3, -0.25) is 14.2 Å². The highest BCUT2D eigenvalue weighted by Crippen LogP contribution is 2.34. The standard InChI is InChI=1S/C19H15N5O4/c1-13(11-22)12-24-17(14-5-3-2-4-6-14)23-18(27-15(25)7-9-20)19(24)28-16(26)8-10-21/h2-6,13H,7-8,12H2,1H3. The van der Waals surface area contributed by atoms with E-state index in [1.165, 1.54) is 4.57 Å². The summed E-state index contributed by atoms with van der Waals surface area (Å²) in [4.78, 5) is 27.9. The topological polar surface area (TPSA) is 142 Å². The first kappa shape index (κ1) is 20.2. The van der Waals surface area contributed by atoms with Crippen LogP contribution in [0.25, 0.3) is 11.4 Å². The summed E-state index contributed by atoms with van der Waals surface area (Å²) in [6, 6.07) is 14.2. The van der Waals surface area contributed by atoms with Crippen molar-refractivity contribution < 1.29 is 19.1 Å². The molecule has 1 heterocycles. The lowest BCUT2D eigenvalue weighted by atomic mass is 10.2. The van der Waals surface area contributed by atoms with Gasteiger partial charge in [-0.1, -0.05) is 30.3 Å². The molecular weight excluding hydrogens is 362 g/mol. The Morgan fingerprint density at radius 2 is 1.68 bits per heavy atom. The van der Waals surface area contributed by atoms with Gasteiger partial charge in [-0.15, -0.1) is 0 Å². The fourth-order valence-electron chi connectivity index (χ4n) is 2.29. The van der Waals surface area contributed by atoms with Gasteiger partial charge >= 0.3 is 11.9 Å². The minimum absolute atomic E-state index is 0.0959. The van der Waals surface area contributed by atoms with Crippen molar-refractivity contribution in [2.45, 2.75) is 26.3 Å². The molecule has 0 N–H and O–H groups in total. The summed E-state index contributed by atoms with van der Waals surface area (Å²) < 4.78 is 11.7. The first-order valence-electron chi connectivity index (χ1n) is 8.21. The normalized spacial score (nSPS) is 10.8. The molecule has 28 heavy (non-hydrogen) atoms. The molecule has 0 fully saturated rings. The zero-order valence-electron chi connectivity index (χ0n) is 15.0. The predicted octanol–water partition coefficient (Wildman–Crippen LogP) is 2.35. The zero-order chi connectivity index (χ0) is 20.5. The van der Waals surface area contributed by atoms with Gasteiger partial charge in [-0.25, -0.2) is 0 Å². The molecule has 0 amide bonds. The number of rotatable bonds is 7. The maximum atomic E-state index is 11.9. The van der Waals surface area contributed by atoms with Gasteiger partial charge in [0.15, 0.2) is 0 Å². The van der Waals surface area contributed by atoms with Crippen molar-refractivity contribution in [2.24, 2.45) is 5.92 Å². The molecule has 0 aliphatic heterocycles. The average Bonchev–Trinajstić information content (AvgIpc) is 2.99. The Bertz CT molecular complexity index is 992. The van der Waals surface area contributed by atoms with Crippen molar-refractivity contribution in [1.82, 2.24) is 9.55 Å². The van der Waals surface area contributed by atoms with Crippen LogP contribution in [0.4, 0.5) is 0 Å². The van der Waals surface area contributed by atoms with E-state index >= 15 is 0 Å². The molecule has 0 saturated heterocycles. The van der Waals surface area contributed by atoms with E-state index in [0.717, 1.165) is 0 Å². The number of benzene rings is 1. The highest BCUT2D eigenvalue weighted by molar-refractivity contribution is 5.78. The van der Waals surface area contributed by atoms with Crippen molar-refractivity contribution in [1.29, 1.82) is 15.8 Å². The summed E-state index contributed by atoms with van der Waals surface area (Å²) in [5.41, 5.74) is 0.632. The first-order valence-corrected chi connectivity index (χ1v) is 8.21. The van der Waals surface area contributed by atoms with E-state index in [-0.39, 0.29) is 18.3 Å². The van der Waals surface area contributed by atoms with Gasteiger partial charge < -0.3 is 9.47 Å². The van der Waals surface area contributed by atoms with E-state index < -0.39 is 30.7 Å². The van der Waals surface area contributed by atoms with Crippen LogP contribution in [0, 0.1) is 39.9 Å². The SMILES string of the molecule is CC(C#N)Cn1c(-c2ccccc2)nc(OC(=O)CC#N)c1OC(=O)CC#N. The van der Waals surface area contributed by atoms with Crippen LogP contribution in [-0.4, -0.2) is 21.5 Å². The fraction of sp³-hybridized carbons (Fsp3) is 0.263. The smallest absolute Gasteiger partial charge is 0.327 e. The largest absolute Gasteiger partial charge is 0.402 e. The molecule has 140 valence electrons. The number of aromatic nitrogens is 2. The van der Waals surface area contributed by atoms with Gasteiger partial charge in [0.05, 0.1) is 24.1 Å². The molecule has 2 aromatic rings. The number of carbonyl (C=O) groups excluding carboxylic acids is 2. The molecule has 0 aliphatic carbocycles. The van der Waals surface area contributed by atoms with Crippen molar-refractivity contribution in [3.05, 3.63) is 30.3 Å². The molecule has 0 bridgehead atoms. The minimum Gasteiger partial charge on any atom is -0.402 e. The summed E-state index contributed by atoms with van der Waals surface area (Å²) in [6.07, 6.45) is -1.04. The predicted molar refractivity (Wildman–Crippen MR) is 94.2 cm³/mol. The van der Waals surface area contributed by atoms with Crippen LogP contribution in [0.3, 0.4) is 0 Å². The molecule has 9 heteroatoms. The summed E-state index contributed by atoms with van der Waals surface area (Å²) in [5, 5.41) is 26.5. The Balaban J connectivity index is 2.60. The number of hydrogen-bond donors (Lipinski definition) is 0. The van der Waals surface area contributed by atoms with E-state index in [0.29, 0.717) is 11.4 Å². The summed E-state index contributed by atoms with van der Waals surface area (Å²) >= 11 is 0. The Morgan fingerprint density at radius 1 is 1.07 bits per heavy atom. The lowest BCUT2D eigenvalue weighted by molar-refractivity contribution is -0.136. The third kappa shape index (κ3) is 4.94. The van der Waals surface area contributed by atoms with Crippen LogP contribution in [0.1, 0.15) is 19.8 Å². The average molecular weight is 377 g/mol. The molecule has 1 aromatic carbocycles. The van der Waals surface area contributed by atoms with E-state index in [2.05, 4.69) is 11.1 Å². The Hall–Kier alpha value is -4.16. The molecule has 0 radical (unpaired) electrons. The van der Waals surface area contributed by atoms with E-state index in [4.69, 9.17) is 20.0 Å². The lowest BCUT2D eigenvalue weighted by Gasteiger charge is -2.12. The second-order valence-electron chi connectivity index (χ2n) is 5.67. The molecule has 1 atom stereocenters. The van der Waals surface area contributed by atoms with Crippen LogP contribution < -0.4 is 9.47 Å². The monoisotopic (exact) mass is 377 g/mol. The van der Waals surface area contributed by atoms with Gasteiger partial charge in [-0.05, 0) is 6.92 Å². The van der Waals surface area contributed by atoms with Crippen LogP contribution in [0.15, 0.2) is 30.3 Å². The molecule has 1 aromatic heterocycles. The molecule has 1 unspecified atom stereocenters. The van der Waals surface area contributed by atoms with Gasteiger partial charge in [0.1, 0.15) is 18.7 Å². The summed E-state index contributed by atoms with van der Waals surface area (Å²) in [6.45, 7) is 1.76. The lowest BCUT2D eigenvalue weighted by Crippen LogP contribution is -2.15. The molecule has 0 saturated carbocycles.